The molecule has 0 amide bonds. The molecule has 1 aliphatic carbocycles. The van der Waals surface area contributed by atoms with Crippen molar-refractivity contribution in [2.45, 2.75) is 33.1 Å². The van der Waals surface area contributed by atoms with Crippen molar-refractivity contribution in [3.8, 4) is 0 Å². The summed E-state index contributed by atoms with van der Waals surface area (Å²) >= 11 is 0. The molecule has 1 heteroatoms. The summed E-state index contributed by atoms with van der Waals surface area (Å²) in [5, 5.41) is 0. The van der Waals surface area contributed by atoms with E-state index in [0.717, 1.165) is 12.5 Å². The van der Waals surface area contributed by atoms with Crippen LogP contribution in [0.25, 0.3) is 0 Å². The zero-order valence-electron chi connectivity index (χ0n) is 6.98. The molecule has 1 rings (SSSR count). The van der Waals surface area contributed by atoms with Gasteiger partial charge in [0.05, 0.1) is 0 Å². The fourth-order valence-electron chi connectivity index (χ4n) is 1.73. The molecular weight excluding hydrogens is 122 g/mol. The molecule has 0 saturated carbocycles. The fourth-order valence-corrected chi connectivity index (χ4v) is 1.73. The molecule has 0 atom stereocenters. The molecule has 0 bridgehead atoms. The van der Waals surface area contributed by atoms with Gasteiger partial charge in [0.1, 0.15) is 0 Å². The molecule has 0 unspecified atom stereocenters. The molecule has 0 fully saturated rings. The first kappa shape index (κ1) is 7.80. The molecule has 1 nitrogen and oxygen atoms in total. The highest BCUT2D eigenvalue weighted by Gasteiger charge is 2.17. The molecular formula is C9H17N. The highest BCUT2D eigenvalue weighted by molar-refractivity contribution is 5.16. The van der Waals surface area contributed by atoms with Crippen LogP contribution < -0.4 is 5.73 Å². The molecule has 0 spiro atoms. The van der Waals surface area contributed by atoms with E-state index in [0.29, 0.717) is 0 Å². The number of hydrogen-bond donors (Lipinski definition) is 1. The summed E-state index contributed by atoms with van der Waals surface area (Å²) in [6.45, 7) is 5.34. The van der Waals surface area contributed by atoms with Crippen molar-refractivity contribution in [2.75, 3.05) is 6.54 Å². The normalized spacial score (nSPS) is 20.7. The average Bonchev–Trinajstić information content (AvgIpc) is 2.14. The van der Waals surface area contributed by atoms with E-state index in [4.69, 9.17) is 5.73 Å². The lowest BCUT2D eigenvalue weighted by Crippen LogP contribution is -2.05. The average molecular weight is 139 g/mol. The summed E-state index contributed by atoms with van der Waals surface area (Å²) in [5.41, 5.74) is 8.67. The lowest BCUT2D eigenvalue weighted by Gasteiger charge is -2.05. The summed E-state index contributed by atoms with van der Waals surface area (Å²) in [6.07, 6.45) is 3.79. The Morgan fingerprint density at radius 3 is 2.20 bits per heavy atom. The van der Waals surface area contributed by atoms with Gasteiger partial charge in [-0.25, -0.2) is 0 Å². The first-order valence-corrected chi connectivity index (χ1v) is 4.09. The monoisotopic (exact) mass is 139 g/mol. The second kappa shape index (κ2) is 3.20. The van der Waals surface area contributed by atoms with Crippen LogP contribution in [0.5, 0.6) is 0 Å². The van der Waals surface area contributed by atoms with E-state index < -0.39 is 0 Å². The Morgan fingerprint density at radius 1 is 1.30 bits per heavy atom. The number of nitrogens with two attached hydrogens (primary N) is 1. The van der Waals surface area contributed by atoms with Crippen LogP contribution in [0, 0.1) is 5.92 Å². The van der Waals surface area contributed by atoms with E-state index >= 15 is 0 Å². The minimum atomic E-state index is 0.852. The standard InChI is InChI=1S/C9H17N/c1-7-5-9(3-4-10)6-8(7)2/h9H,3-6,10H2,1-2H3. The van der Waals surface area contributed by atoms with Gasteiger partial charge in [0, 0.05) is 0 Å². The van der Waals surface area contributed by atoms with Crippen molar-refractivity contribution < 1.29 is 0 Å². The van der Waals surface area contributed by atoms with Crippen molar-refractivity contribution >= 4 is 0 Å². The Bertz CT molecular complexity index is 133. The van der Waals surface area contributed by atoms with Gasteiger partial charge in [0.15, 0.2) is 0 Å². The van der Waals surface area contributed by atoms with Crippen molar-refractivity contribution in [1.82, 2.24) is 0 Å². The SMILES string of the molecule is CC1=C(C)CC(CCN)C1. The first-order chi connectivity index (χ1) is 4.74. The lowest BCUT2D eigenvalue weighted by atomic mass is 10.0. The van der Waals surface area contributed by atoms with Gasteiger partial charge in [-0.3, -0.25) is 0 Å². The predicted molar refractivity (Wildman–Crippen MR) is 44.8 cm³/mol. The molecule has 0 aromatic heterocycles. The van der Waals surface area contributed by atoms with E-state index in [9.17, 15) is 0 Å². The Hall–Kier alpha value is -0.300. The van der Waals surface area contributed by atoms with Crippen molar-refractivity contribution in [3.63, 3.8) is 0 Å². The van der Waals surface area contributed by atoms with Crippen LogP contribution in [0.3, 0.4) is 0 Å². The van der Waals surface area contributed by atoms with Gasteiger partial charge in [-0.2, -0.15) is 0 Å². The summed E-state index contributed by atoms with van der Waals surface area (Å²) in [7, 11) is 0. The number of rotatable bonds is 2. The summed E-state index contributed by atoms with van der Waals surface area (Å²) in [4.78, 5) is 0. The van der Waals surface area contributed by atoms with Gasteiger partial charge in [0.2, 0.25) is 0 Å². The number of hydrogen-bond acceptors (Lipinski definition) is 1. The van der Waals surface area contributed by atoms with Crippen LogP contribution in [0.1, 0.15) is 33.1 Å². The summed E-state index contributed by atoms with van der Waals surface area (Å²) < 4.78 is 0. The summed E-state index contributed by atoms with van der Waals surface area (Å²) in [5.74, 6) is 0.866. The van der Waals surface area contributed by atoms with Crippen molar-refractivity contribution in [3.05, 3.63) is 11.1 Å². The third-order valence-corrected chi connectivity index (χ3v) is 2.49. The topological polar surface area (TPSA) is 26.0 Å². The van der Waals surface area contributed by atoms with Crippen molar-refractivity contribution in [1.29, 1.82) is 0 Å². The van der Waals surface area contributed by atoms with E-state index in [1.54, 1.807) is 11.1 Å². The van der Waals surface area contributed by atoms with E-state index in [1.807, 2.05) is 0 Å². The molecule has 0 aromatic rings. The quantitative estimate of drug-likeness (QED) is 0.582. The van der Waals surface area contributed by atoms with E-state index in [2.05, 4.69) is 13.8 Å². The first-order valence-electron chi connectivity index (χ1n) is 4.09. The Morgan fingerprint density at radius 2 is 1.80 bits per heavy atom. The predicted octanol–water partition coefficient (Wildman–Crippen LogP) is 2.08. The van der Waals surface area contributed by atoms with Crippen LogP contribution in [0.2, 0.25) is 0 Å². The highest BCUT2D eigenvalue weighted by Crippen LogP contribution is 2.32. The zero-order valence-corrected chi connectivity index (χ0v) is 6.98. The smallest absolute Gasteiger partial charge is 0.00744 e. The molecule has 0 saturated heterocycles. The minimum absolute atomic E-state index is 0.852. The zero-order chi connectivity index (χ0) is 7.56. The molecule has 0 heterocycles. The van der Waals surface area contributed by atoms with Crippen LogP contribution in [0.15, 0.2) is 11.1 Å². The molecule has 58 valence electrons. The van der Waals surface area contributed by atoms with Gasteiger partial charge < -0.3 is 5.73 Å². The van der Waals surface area contributed by atoms with Crippen molar-refractivity contribution in [2.24, 2.45) is 11.7 Å². The molecule has 0 aromatic carbocycles. The molecule has 0 aliphatic heterocycles. The van der Waals surface area contributed by atoms with Crippen LogP contribution in [-0.2, 0) is 0 Å². The Labute approximate surface area is 63.3 Å². The minimum Gasteiger partial charge on any atom is -0.330 e. The third-order valence-electron chi connectivity index (χ3n) is 2.49. The van der Waals surface area contributed by atoms with Crippen LogP contribution >= 0.6 is 0 Å². The maximum atomic E-state index is 5.48. The molecule has 0 radical (unpaired) electrons. The maximum Gasteiger partial charge on any atom is -0.00744 e. The number of allylic oxidation sites excluding steroid dienone is 2. The maximum absolute atomic E-state index is 5.48. The van der Waals surface area contributed by atoms with Gasteiger partial charge >= 0.3 is 0 Å². The molecule has 10 heavy (non-hydrogen) atoms. The Kier molecular flexibility index (Phi) is 2.50. The van der Waals surface area contributed by atoms with Gasteiger partial charge in [0.25, 0.3) is 0 Å². The fraction of sp³-hybridized carbons (Fsp3) is 0.778. The lowest BCUT2D eigenvalue weighted by molar-refractivity contribution is 0.518. The van der Waals surface area contributed by atoms with Crippen LogP contribution in [0.4, 0.5) is 0 Å². The van der Waals surface area contributed by atoms with Gasteiger partial charge in [-0.1, -0.05) is 11.1 Å². The van der Waals surface area contributed by atoms with E-state index in [1.165, 1.54) is 19.3 Å². The molecule has 2 N–H and O–H groups in total. The molecule has 1 aliphatic rings. The van der Waals surface area contributed by atoms with E-state index in [-0.39, 0.29) is 0 Å². The van der Waals surface area contributed by atoms with Gasteiger partial charge in [-0.15, -0.1) is 0 Å². The Balaban J connectivity index is 2.36. The second-order valence-electron chi connectivity index (χ2n) is 3.41. The second-order valence-corrected chi connectivity index (χ2v) is 3.41. The largest absolute Gasteiger partial charge is 0.330 e. The highest BCUT2D eigenvalue weighted by atomic mass is 14.5. The summed E-state index contributed by atoms with van der Waals surface area (Å²) in [6, 6.07) is 0. The third kappa shape index (κ3) is 1.60. The van der Waals surface area contributed by atoms with Crippen LogP contribution in [-0.4, -0.2) is 6.54 Å². The van der Waals surface area contributed by atoms with Gasteiger partial charge in [-0.05, 0) is 45.6 Å².